The molecular formula is C15H25N5S. The lowest BCUT2D eigenvalue weighted by atomic mass is 10.1. The van der Waals surface area contributed by atoms with Crippen molar-refractivity contribution in [3.05, 3.63) is 23.0 Å². The van der Waals surface area contributed by atoms with Crippen LogP contribution in [0.2, 0.25) is 0 Å². The van der Waals surface area contributed by atoms with E-state index in [1.165, 1.54) is 0 Å². The second-order valence-corrected chi connectivity index (χ2v) is 6.35. The first kappa shape index (κ1) is 16.1. The van der Waals surface area contributed by atoms with Gasteiger partial charge in [-0.05, 0) is 34.0 Å². The standard InChI is InChI=1S/C15H25N5S/c1-10-7-13(14(15(16)21)11(2)18-10)17-8-12-9-19(3)5-6-20(12)4/h7,12H,5-6,8-9H2,1-4H3,(H2,16,21)(H,17,18). The van der Waals surface area contributed by atoms with Gasteiger partial charge in [-0.15, -0.1) is 0 Å². The Morgan fingerprint density at radius 2 is 2.14 bits per heavy atom. The summed E-state index contributed by atoms with van der Waals surface area (Å²) in [5.74, 6) is 0. The second kappa shape index (κ2) is 6.68. The second-order valence-electron chi connectivity index (χ2n) is 5.91. The molecule has 1 aliphatic heterocycles. The zero-order valence-corrected chi connectivity index (χ0v) is 14.1. The van der Waals surface area contributed by atoms with Gasteiger partial charge in [-0.1, -0.05) is 12.2 Å². The van der Waals surface area contributed by atoms with Gasteiger partial charge in [0.25, 0.3) is 0 Å². The van der Waals surface area contributed by atoms with Crippen molar-refractivity contribution in [3.8, 4) is 0 Å². The van der Waals surface area contributed by atoms with Crippen LogP contribution in [0.3, 0.4) is 0 Å². The number of nitrogens with two attached hydrogens (primary N) is 1. The number of nitrogens with zero attached hydrogens (tertiary/aromatic N) is 3. The Kier molecular flexibility index (Phi) is 5.13. The van der Waals surface area contributed by atoms with Gasteiger partial charge in [0.2, 0.25) is 0 Å². The number of thiocarbonyl (C=S) groups is 1. The first-order valence-electron chi connectivity index (χ1n) is 7.29. The van der Waals surface area contributed by atoms with Gasteiger partial charge >= 0.3 is 0 Å². The van der Waals surface area contributed by atoms with Crippen LogP contribution in [0.1, 0.15) is 17.0 Å². The SMILES string of the molecule is Cc1cc(NCC2CN(C)CCN2C)c(C(N)=S)c(C)n1. The van der Waals surface area contributed by atoms with Crippen LogP contribution in [0.15, 0.2) is 6.07 Å². The number of nitrogens with one attached hydrogen (secondary N) is 1. The number of aromatic nitrogens is 1. The fourth-order valence-corrected chi connectivity index (χ4v) is 3.09. The summed E-state index contributed by atoms with van der Waals surface area (Å²) in [5.41, 5.74) is 9.58. The van der Waals surface area contributed by atoms with Gasteiger partial charge in [-0.3, -0.25) is 9.88 Å². The van der Waals surface area contributed by atoms with Gasteiger partial charge in [0, 0.05) is 49.3 Å². The van der Waals surface area contributed by atoms with E-state index >= 15 is 0 Å². The third-order valence-corrected chi connectivity index (χ3v) is 4.29. The lowest BCUT2D eigenvalue weighted by Gasteiger charge is -2.38. The molecule has 1 aliphatic rings. The number of rotatable bonds is 4. The highest BCUT2D eigenvalue weighted by molar-refractivity contribution is 7.80. The minimum Gasteiger partial charge on any atom is -0.389 e. The molecule has 1 unspecified atom stereocenters. The number of piperazine rings is 1. The molecule has 1 aromatic heterocycles. The molecule has 0 spiro atoms. The van der Waals surface area contributed by atoms with Crippen molar-refractivity contribution in [1.82, 2.24) is 14.8 Å². The van der Waals surface area contributed by atoms with Crippen molar-refractivity contribution in [2.75, 3.05) is 45.6 Å². The molecule has 5 nitrogen and oxygen atoms in total. The van der Waals surface area contributed by atoms with E-state index in [1.807, 2.05) is 19.9 Å². The summed E-state index contributed by atoms with van der Waals surface area (Å²) in [4.78, 5) is 9.61. The van der Waals surface area contributed by atoms with Crippen LogP contribution in [0, 0.1) is 13.8 Å². The summed E-state index contributed by atoms with van der Waals surface area (Å²) in [6, 6.07) is 2.50. The Labute approximate surface area is 132 Å². The summed E-state index contributed by atoms with van der Waals surface area (Å²) >= 11 is 5.17. The van der Waals surface area contributed by atoms with Crippen LogP contribution < -0.4 is 11.1 Å². The average molecular weight is 307 g/mol. The highest BCUT2D eigenvalue weighted by atomic mass is 32.1. The van der Waals surface area contributed by atoms with Gasteiger partial charge < -0.3 is 16.0 Å². The third-order valence-electron chi connectivity index (χ3n) is 4.08. The monoisotopic (exact) mass is 307 g/mol. The van der Waals surface area contributed by atoms with Crippen LogP contribution in [-0.4, -0.2) is 66.1 Å². The quantitative estimate of drug-likeness (QED) is 0.809. The summed E-state index contributed by atoms with van der Waals surface area (Å²) in [7, 11) is 4.35. The predicted octanol–water partition coefficient (Wildman–Crippen LogP) is 0.990. The molecule has 0 amide bonds. The maximum absolute atomic E-state index is 5.86. The Morgan fingerprint density at radius 3 is 2.81 bits per heavy atom. The molecule has 2 rings (SSSR count). The van der Waals surface area contributed by atoms with Crippen molar-refractivity contribution in [1.29, 1.82) is 0 Å². The Hall–Kier alpha value is -1.24. The Balaban J connectivity index is 2.14. The van der Waals surface area contributed by atoms with Crippen LogP contribution in [0.5, 0.6) is 0 Å². The molecule has 3 N–H and O–H groups in total. The number of aryl methyl sites for hydroxylation is 2. The van der Waals surface area contributed by atoms with Crippen LogP contribution in [-0.2, 0) is 0 Å². The van der Waals surface area contributed by atoms with Crippen LogP contribution >= 0.6 is 12.2 Å². The first-order valence-corrected chi connectivity index (χ1v) is 7.70. The van der Waals surface area contributed by atoms with Gasteiger partial charge in [0.15, 0.2) is 0 Å². The average Bonchev–Trinajstić information content (AvgIpc) is 2.38. The molecule has 1 fully saturated rings. The van der Waals surface area contributed by atoms with E-state index in [-0.39, 0.29) is 0 Å². The minimum atomic E-state index is 0.400. The molecule has 0 bridgehead atoms. The van der Waals surface area contributed by atoms with E-state index in [9.17, 15) is 0 Å². The Morgan fingerprint density at radius 1 is 1.43 bits per heavy atom. The molecule has 0 aliphatic carbocycles. The highest BCUT2D eigenvalue weighted by Gasteiger charge is 2.22. The summed E-state index contributed by atoms with van der Waals surface area (Å²) < 4.78 is 0. The van der Waals surface area contributed by atoms with Crippen LogP contribution in [0.4, 0.5) is 5.69 Å². The molecule has 2 heterocycles. The van der Waals surface area contributed by atoms with Gasteiger partial charge in [0.05, 0.1) is 5.56 Å². The lowest BCUT2D eigenvalue weighted by molar-refractivity contribution is 0.122. The molecule has 0 aromatic carbocycles. The maximum Gasteiger partial charge on any atom is 0.107 e. The van der Waals surface area contributed by atoms with Crippen molar-refractivity contribution in [2.45, 2.75) is 19.9 Å². The highest BCUT2D eigenvalue weighted by Crippen LogP contribution is 2.20. The van der Waals surface area contributed by atoms with Crippen molar-refractivity contribution in [2.24, 2.45) is 5.73 Å². The van der Waals surface area contributed by atoms with E-state index in [0.29, 0.717) is 11.0 Å². The Bertz CT molecular complexity index is 531. The largest absolute Gasteiger partial charge is 0.389 e. The van der Waals surface area contributed by atoms with E-state index in [4.69, 9.17) is 18.0 Å². The van der Waals surface area contributed by atoms with Crippen LogP contribution in [0.25, 0.3) is 0 Å². The smallest absolute Gasteiger partial charge is 0.107 e. The van der Waals surface area contributed by atoms with E-state index in [1.54, 1.807) is 0 Å². The molecule has 0 radical (unpaired) electrons. The van der Waals surface area contributed by atoms with Crippen molar-refractivity contribution < 1.29 is 0 Å². The van der Waals surface area contributed by atoms with Gasteiger partial charge in [-0.25, -0.2) is 0 Å². The maximum atomic E-state index is 5.86. The fourth-order valence-electron chi connectivity index (χ4n) is 2.83. The molecule has 1 atom stereocenters. The van der Waals surface area contributed by atoms with E-state index in [2.05, 4.69) is 34.2 Å². The molecule has 6 heteroatoms. The zero-order valence-electron chi connectivity index (χ0n) is 13.3. The molecule has 1 saturated heterocycles. The number of anilines is 1. The van der Waals surface area contributed by atoms with Gasteiger partial charge in [-0.2, -0.15) is 0 Å². The summed E-state index contributed by atoms with van der Waals surface area (Å²) in [5, 5.41) is 3.52. The van der Waals surface area contributed by atoms with Crippen molar-refractivity contribution >= 4 is 22.9 Å². The van der Waals surface area contributed by atoms with E-state index < -0.39 is 0 Å². The zero-order chi connectivity index (χ0) is 15.6. The number of likely N-dealkylation sites (N-methyl/N-ethyl adjacent to an activating group) is 2. The lowest BCUT2D eigenvalue weighted by Crippen LogP contribution is -2.52. The summed E-state index contributed by atoms with van der Waals surface area (Å²) in [6.45, 7) is 8.10. The number of hydrogen-bond acceptors (Lipinski definition) is 5. The normalized spacial score (nSPS) is 20.5. The molecule has 1 aromatic rings. The number of pyridine rings is 1. The topological polar surface area (TPSA) is 57.4 Å². The van der Waals surface area contributed by atoms with E-state index in [0.717, 1.165) is 48.8 Å². The molecule has 0 saturated carbocycles. The third kappa shape index (κ3) is 3.90. The molecule has 116 valence electrons. The molecular weight excluding hydrogens is 282 g/mol. The van der Waals surface area contributed by atoms with Gasteiger partial charge in [0.1, 0.15) is 4.99 Å². The number of hydrogen-bond donors (Lipinski definition) is 2. The van der Waals surface area contributed by atoms with Crippen molar-refractivity contribution in [3.63, 3.8) is 0 Å². The summed E-state index contributed by atoms with van der Waals surface area (Å²) in [6.07, 6.45) is 0. The first-order chi connectivity index (χ1) is 9.88. The molecule has 21 heavy (non-hydrogen) atoms. The fraction of sp³-hybridized carbons (Fsp3) is 0.600. The predicted molar refractivity (Wildman–Crippen MR) is 92.0 cm³/mol. The minimum absolute atomic E-state index is 0.400.